The van der Waals surface area contributed by atoms with Gasteiger partial charge in [0.2, 0.25) is 0 Å². The minimum atomic E-state index is -0.521. The summed E-state index contributed by atoms with van der Waals surface area (Å²) in [6.07, 6.45) is 3.82. The highest BCUT2D eigenvalue weighted by molar-refractivity contribution is 7.22. The zero-order valence-electron chi connectivity index (χ0n) is 15.6. The maximum absolute atomic E-state index is 15.2. The van der Waals surface area contributed by atoms with Crippen LogP contribution in [0.5, 0.6) is 0 Å². The number of amides is 1. The average molecular weight is 414 g/mol. The normalized spacial score (nSPS) is 21.3. The molecule has 0 spiro atoms. The molecular weight excluding hydrogens is 394 g/mol. The first-order valence-corrected chi connectivity index (χ1v) is 10.6. The van der Waals surface area contributed by atoms with Gasteiger partial charge in [-0.25, -0.2) is 13.8 Å². The van der Waals surface area contributed by atoms with Gasteiger partial charge >= 0.3 is 0 Å². The van der Waals surface area contributed by atoms with E-state index in [1.807, 2.05) is 6.07 Å². The predicted molar refractivity (Wildman–Crippen MR) is 110 cm³/mol. The van der Waals surface area contributed by atoms with E-state index in [1.54, 1.807) is 12.1 Å². The number of nitrogens with zero attached hydrogens (tertiary/aromatic N) is 1. The molecule has 3 aromatic rings. The molecule has 0 saturated heterocycles. The van der Waals surface area contributed by atoms with Crippen molar-refractivity contribution >= 4 is 33.1 Å². The number of anilines is 1. The van der Waals surface area contributed by atoms with Crippen LogP contribution in [-0.4, -0.2) is 23.0 Å². The van der Waals surface area contributed by atoms with E-state index >= 15 is 4.39 Å². The SMILES string of the molecule is N[C@H]1CCCC[C@H]1Nc1nc(-c2cc3c(F)cccc3s2)c2c(c1F)CNC2=O. The minimum Gasteiger partial charge on any atom is -0.363 e. The van der Waals surface area contributed by atoms with E-state index < -0.39 is 5.82 Å². The number of fused-ring (bicyclic) bond motifs is 2. The quantitative estimate of drug-likeness (QED) is 0.601. The topological polar surface area (TPSA) is 80.0 Å². The van der Waals surface area contributed by atoms with Crippen molar-refractivity contribution in [2.24, 2.45) is 5.73 Å². The number of benzene rings is 1. The minimum absolute atomic E-state index is 0.0680. The molecule has 3 heterocycles. The number of rotatable bonds is 3. The molecule has 4 N–H and O–H groups in total. The van der Waals surface area contributed by atoms with Gasteiger partial charge in [-0.3, -0.25) is 4.79 Å². The van der Waals surface area contributed by atoms with Gasteiger partial charge in [0.05, 0.1) is 16.1 Å². The number of nitrogens with two attached hydrogens (primary N) is 1. The molecule has 2 atom stereocenters. The lowest BCUT2D eigenvalue weighted by Crippen LogP contribution is -2.43. The third-order valence-electron chi connectivity index (χ3n) is 5.77. The van der Waals surface area contributed by atoms with Gasteiger partial charge < -0.3 is 16.4 Å². The summed E-state index contributed by atoms with van der Waals surface area (Å²) in [7, 11) is 0. The van der Waals surface area contributed by atoms with Gasteiger partial charge in [-0.05, 0) is 31.0 Å². The number of pyridine rings is 1. The number of carbonyl (C=O) groups excluding carboxylic acids is 1. The van der Waals surface area contributed by atoms with E-state index in [-0.39, 0.29) is 41.7 Å². The largest absolute Gasteiger partial charge is 0.363 e. The van der Waals surface area contributed by atoms with Crippen LogP contribution in [0.25, 0.3) is 20.7 Å². The Morgan fingerprint density at radius 1 is 1.24 bits per heavy atom. The smallest absolute Gasteiger partial charge is 0.254 e. The zero-order chi connectivity index (χ0) is 20.1. The first-order chi connectivity index (χ1) is 14.0. The van der Waals surface area contributed by atoms with Crippen LogP contribution in [0.3, 0.4) is 0 Å². The van der Waals surface area contributed by atoms with Gasteiger partial charge in [0, 0.05) is 34.3 Å². The maximum Gasteiger partial charge on any atom is 0.254 e. The molecule has 1 aliphatic carbocycles. The second-order valence-corrected chi connectivity index (χ2v) is 8.70. The highest BCUT2D eigenvalue weighted by Gasteiger charge is 2.32. The van der Waals surface area contributed by atoms with Crippen molar-refractivity contribution < 1.29 is 13.6 Å². The van der Waals surface area contributed by atoms with Crippen molar-refractivity contribution in [3.63, 3.8) is 0 Å². The van der Waals surface area contributed by atoms with Crippen LogP contribution in [0, 0.1) is 11.6 Å². The molecule has 1 saturated carbocycles. The Kier molecular flexibility index (Phi) is 4.48. The molecular formula is C21H20F2N4OS. The zero-order valence-corrected chi connectivity index (χ0v) is 16.4. The summed E-state index contributed by atoms with van der Waals surface area (Å²) in [5, 5.41) is 6.33. The van der Waals surface area contributed by atoms with Gasteiger partial charge in [0.15, 0.2) is 11.6 Å². The van der Waals surface area contributed by atoms with Crippen LogP contribution in [0.2, 0.25) is 0 Å². The van der Waals surface area contributed by atoms with Crippen LogP contribution in [0.15, 0.2) is 24.3 Å². The monoisotopic (exact) mass is 414 g/mol. The van der Waals surface area contributed by atoms with Gasteiger partial charge in [-0.2, -0.15) is 0 Å². The van der Waals surface area contributed by atoms with Crippen molar-refractivity contribution in [3.8, 4) is 10.6 Å². The Hall–Kier alpha value is -2.58. The van der Waals surface area contributed by atoms with Gasteiger partial charge in [-0.15, -0.1) is 11.3 Å². The molecule has 5 rings (SSSR count). The van der Waals surface area contributed by atoms with Crippen LogP contribution < -0.4 is 16.4 Å². The fraction of sp³-hybridized carbons (Fsp3) is 0.333. The summed E-state index contributed by atoms with van der Waals surface area (Å²) in [5.41, 5.74) is 7.11. The van der Waals surface area contributed by atoms with Crippen LogP contribution >= 0.6 is 11.3 Å². The number of carbonyl (C=O) groups is 1. The van der Waals surface area contributed by atoms with Crippen molar-refractivity contribution in [2.75, 3.05) is 5.32 Å². The van der Waals surface area contributed by atoms with Crippen molar-refractivity contribution in [1.82, 2.24) is 10.3 Å². The third-order valence-corrected chi connectivity index (χ3v) is 6.88. The van der Waals surface area contributed by atoms with Crippen molar-refractivity contribution in [2.45, 2.75) is 44.3 Å². The number of hydrogen-bond acceptors (Lipinski definition) is 5. The molecule has 29 heavy (non-hydrogen) atoms. The van der Waals surface area contributed by atoms with Crippen molar-refractivity contribution in [3.05, 3.63) is 47.0 Å². The van der Waals surface area contributed by atoms with E-state index in [1.165, 1.54) is 17.4 Å². The van der Waals surface area contributed by atoms with Crippen molar-refractivity contribution in [1.29, 1.82) is 0 Å². The summed E-state index contributed by atoms with van der Waals surface area (Å²) in [5.74, 6) is -1.11. The molecule has 1 fully saturated rings. The highest BCUT2D eigenvalue weighted by Crippen LogP contribution is 2.39. The molecule has 1 aromatic carbocycles. The van der Waals surface area contributed by atoms with Crippen LogP contribution in [-0.2, 0) is 6.54 Å². The van der Waals surface area contributed by atoms with E-state index in [0.717, 1.165) is 30.4 Å². The Morgan fingerprint density at radius 2 is 2.07 bits per heavy atom. The van der Waals surface area contributed by atoms with E-state index in [0.29, 0.717) is 21.5 Å². The molecule has 8 heteroatoms. The number of hydrogen-bond donors (Lipinski definition) is 3. The highest BCUT2D eigenvalue weighted by atomic mass is 32.1. The van der Waals surface area contributed by atoms with Gasteiger partial charge in [-0.1, -0.05) is 18.9 Å². The van der Waals surface area contributed by atoms with Gasteiger partial charge in [0.25, 0.3) is 5.91 Å². The summed E-state index contributed by atoms with van der Waals surface area (Å²) < 4.78 is 30.1. The molecule has 1 amide bonds. The molecule has 1 aliphatic heterocycles. The molecule has 2 aromatic heterocycles. The molecule has 0 radical (unpaired) electrons. The summed E-state index contributed by atoms with van der Waals surface area (Å²) >= 11 is 1.34. The van der Waals surface area contributed by atoms with Crippen LogP contribution in [0.1, 0.15) is 41.6 Å². The van der Waals surface area contributed by atoms with Gasteiger partial charge in [0.1, 0.15) is 5.82 Å². The Bertz CT molecular complexity index is 1130. The summed E-state index contributed by atoms with van der Waals surface area (Å²) in [6, 6.07) is 6.39. The Balaban J connectivity index is 1.65. The fourth-order valence-corrected chi connectivity index (χ4v) is 5.28. The number of thiophene rings is 1. The standard InChI is InChI=1S/C21H20F2N4OS/c22-12-4-3-7-15-10(12)8-16(29-15)19-17-11(9-25-21(17)28)18(23)20(27-19)26-14-6-2-1-5-13(14)24/h3-4,7-8,13-14H,1-2,5-6,9,24H2,(H,25,28)(H,26,27)/t13-,14+/m0/s1. The lowest BCUT2D eigenvalue weighted by atomic mass is 9.91. The van der Waals surface area contributed by atoms with E-state index in [2.05, 4.69) is 15.6 Å². The number of aromatic nitrogens is 1. The third kappa shape index (κ3) is 3.07. The summed E-state index contributed by atoms with van der Waals surface area (Å²) in [6.45, 7) is 0.111. The average Bonchev–Trinajstić information content (AvgIpc) is 3.31. The number of halogens is 2. The predicted octanol–water partition coefficient (Wildman–Crippen LogP) is 4.17. The first-order valence-electron chi connectivity index (χ1n) is 9.74. The number of nitrogens with one attached hydrogen (secondary N) is 2. The lowest BCUT2D eigenvalue weighted by molar-refractivity contribution is 0.0966. The summed E-state index contributed by atoms with van der Waals surface area (Å²) in [4.78, 5) is 17.6. The Labute approximate surface area is 170 Å². The lowest BCUT2D eigenvalue weighted by Gasteiger charge is -2.30. The van der Waals surface area contributed by atoms with Crippen LogP contribution in [0.4, 0.5) is 14.6 Å². The van der Waals surface area contributed by atoms with E-state index in [4.69, 9.17) is 5.73 Å². The first kappa shape index (κ1) is 18.4. The second kappa shape index (κ2) is 7.03. The fourth-order valence-electron chi connectivity index (χ4n) is 4.21. The van der Waals surface area contributed by atoms with E-state index in [9.17, 15) is 9.18 Å². The second-order valence-electron chi connectivity index (χ2n) is 7.62. The molecule has 5 nitrogen and oxygen atoms in total. The molecule has 0 bridgehead atoms. The molecule has 150 valence electrons. The Morgan fingerprint density at radius 3 is 2.86 bits per heavy atom. The molecule has 2 aliphatic rings. The molecule has 0 unspecified atom stereocenters. The maximum atomic E-state index is 15.2.